The van der Waals surface area contributed by atoms with Crippen LogP contribution in [-0.4, -0.2) is 36.5 Å². The normalized spacial score (nSPS) is 17.9. The minimum Gasteiger partial charge on any atom is -0.455 e. The van der Waals surface area contributed by atoms with Crippen LogP contribution in [0.25, 0.3) is 0 Å². The van der Waals surface area contributed by atoms with E-state index in [1.807, 2.05) is 0 Å². The van der Waals surface area contributed by atoms with Gasteiger partial charge in [0.1, 0.15) is 5.76 Å². The van der Waals surface area contributed by atoms with Gasteiger partial charge in [-0.25, -0.2) is 0 Å². The van der Waals surface area contributed by atoms with E-state index in [0.29, 0.717) is 18.1 Å². The molecule has 3 N–H and O–H groups in total. The molecule has 2 rings (SSSR count). The molecule has 18 heavy (non-hydrogen) atoms. The van der Waals surface area contributed by atoms with Crippen molar-refractivity contribution in [2.45, 2.75) is 32.4 Å². The summed E-state index contributed by atoms with van der Waals surface area (Å²) in [6.07, 6.45) is 2.01. The summed E-state index contributed by atoms with van der Waals surface area (Å²) in [5.74, 6) is 0.860. The average Bonchev–Trinajstić information content (AvgIpc) is 2.88. The van der Waals surface area contributed by atoms with Gasteiger partial charge < -0.3 is 20.4 Å². The standard InChI is InChI=1S/C13H21N3O2/c1-2-16-7-5-10(6-8-16)15-13(17)12-4-3-11(9-14)18-12/h3-4,10H,2,5-9,14H2,1H3,(H,15,17). The summed E-state index contributed by atoms with van der Waals surface area (Å²) in [7, 11) is 0. The smallest absolute Gasteiger partial charge is 0.287 e. The van der Waals surface area contributed by atoms with Gasteiger partial charge in [0.25, 0.3) is 5.91 Å². The van der Waals surface area contributed by atoms with E-state index in [1.54, 1.807) is 12.1 Å². The van der Waals surface area contributed by atoms with E-state index >= 15 is 0 Å². The van der Waals surface area contributed by atoms with Gasteiger partial charge in [0, 0.05) is 19.1 Å². The molecule has 0 aromatic carbocycles. The van der Waals surface area contributed by atoms with Gasteiger partial charge in [0.05, 0.1) is 6.54 Å². The maximum Gasteiger partial charge on any atom is 0.287 e. The van der Waals surface area contributed by atoms with Crippen molar-refractivity contribution in [1.82, 2.24) is 10.2 Å². The first-order valence-corrected chi connectivity index (χ1v) is 6.55. The Morgan fingerprint density at radius 2 is 2.22 bits per heavy atom. The summed E-state index contributed by atoms with van der Waals surface area (Å²) in [5, 5.41) is 3.02. The summed E-state index contributed by atoms with van der Waals surface area (Å²) in [6.45, 7) is 5.66. The number of hydrogen-bond donors (Lipinski definition) is 2. The third-order valence-electron chi connectivity index (χ3n) is 3.46. The largest absolute Gasteiger partial charge is 0.455 e. The van der Waals surface area contributed by atoms with Crippen molar-refractivity contribution in [3.8, 4) is 0 Å². The monoisotopic (exact) mass is 251 g/mol. The summed E-state index contributed by atoms with van der Waals surface area (Å²) >= 11 is 0. The van der Waals surface area contributed by atoms with Gasteiger partial charge in [-0.2, -0.15) is 0 Å². The van der Waals surface area contributed by atoms with Crippen LogP contribution in [0.15, 0.2) is 16.5 Å². The highest BCUT2D eigenvalue weighted by Gasteiger charge is 2.21. The molecule has 0 bridgehead atoms. The lowest BCUT2D eigenvalue weighted by atomic mass is 10.1. The van der Waals surface area contributed by atoms with Gasteiger partial charge in [0.15, 0.2) is 5.76 Å². The molecule has 1 amide bonds. The van der Waals surface area contributed by atoms with E-state index < -0.39 is 0 Å². The molecular formula is C13H21N3O2. The van der Waals surface area contributed by atoms with Crippen molar-refractivity contribution in [2.75, 3.05) is 19.6 Å². The summed E-state index contributed by atoms with van der Waals surface area (Å²) < 4.78 is 5.33. The molecule has 0 unspecified atom stereocenters. The van der Waals surface area contributed by atoms with Crippen molar-refractivity contribution >= 4 is 5.91 Å². The Hall–Kier alpha value is -1.33. The highest BCUT2D eigenvalue weighted by atomic mass is 16.4. The Kier molecular flexibility index (Phi) is 4.38. The molecule has 0 aliphatic carbocycles. The number of nitrogens with one attached hydrogen (secondary N) is 1. The van der Waals surface area contributed by atoms with Gasteiger partial charge in [-0.05, 0) is 31.5 Å². The quantitative estimate of drug-likeness (QED) is 0.836. The lowest BCUT2D eigenvalue weighted by Crippen LogP contribution is -2.44. The van der Waals surface area contributed by atoms with Gasteiger partial charge in [-0.3, -0.25) is 4.79 Å². The van der Waals surface area contributed by atoms with Crippen LogP contribution in [-0.2, 0) is 6.54 Å². The lowest BCUT2D eigenvalue weighted by molar-refractivity contribution is 0.0883. The van der Waals surface area contributed by atoms with Crippen LogP contribution in [0.4, 0.5) is 0 Å². The average molecular weight is 251 g/mol. The molecule has 100 valence electrons. The van der Waals surface area contributed by atoms with E-state index in [-0.39, 0.29) is 11.9 Å². The van der Waals surface area contributed by atoms with Crippen LogP contribution in [0.2, 0.25) is 0 Å². The van der Waals surface area contributed by atoms with Gasteiger partial charge in [-0.15, -0.1) is 0 Å². The van der Waals surface area contributed by atoms with Crippen LogP contribution >= 0.6 is 0 Å². The maximum atomic E-state index is 11.9. The Morgan fingerprint density at radius 1 is 1.50 bits per heavy atom. The fourth-order valence-corrected chi connectivity index (χ4v) is 2.26. The molecule has 1 aromatic heterocycles. The lowest BCUT2D eigenvalue weighted by Gasteiger charge is -2.31. The minimum atomic E-state index is -0.135. The highest BCUT2D eigenvalue weighted by Crippen LogP contribution is 2.12. The predicted octanol–water partition coefficient (Wildman–Crippen LogP) is 0.952. The summed E-state index contributed by atoms with van der Waals surface area (Å²) in [4.78, 5) is 14.3. The number of rotatable bonds is 4. The van der Waals surface area contributed by atoms with E-state index in [9.17, 15) is 4.79 Å². The summed E-state index contributed by atoms with van der Waals surface area (Å²) in [6, 6.07) is 3.68. The first-order valence-electron chi connectivity index (χ1n) is 6.55. The number of carbonyl (C=O) groups excluding carboxylic acids is 1. The molecule has 0 atom stereocenters. The molecule has 1 aromatic rings. The van der Waals surface area contributed by atoms with Crippen molar-refractivity contribution in [3.05, 3.63) is 23.7 Å². The second kappa shape index (κ2) is 6.02. The molecule has 1 aliphatic heterocycles. The molecule has 0 saturated carbocycles. The minimum absolute atomic E-state index is 0.135. The van der Waals surface area contributed by atoms with E-state index in [0.717, 1.165) is 32.5 Å². The van der Waals surface area contributed by atoms with Gasteiger partial charge >= 0.3 is 0 Å². The van der Waals surface area contributed by atoms with E-state index in [4.69, 9.17) is 10.2 Å². The first-order chi connectivity index (χ1) is 8.72. The fourth-order valence-electron chi connectivity index (χ4n) is 2.26. The molecule has 5 nitrogen and oxygen atoms in total. The molecular weight excluding hydrogens is 230 g/mol. The van der Waals surface area contributed by atoms with E-state index in [1.165, 1.54) is 0 Å². The SMILES string of the molecule is CCN1CCC(NC(=O)c2ccc(CN)o2)CC1. The Bertz CT molecular complexity index is 395. The van der Waals surface area contributed by atoms with Gasteiger partial charge in [0.2, 0.25) is 0 Å². The van der Waals surface area contributed by atoms with Crippen molar-refractivity contribution in [1.29, 1.82) is 0 Å². The second-order valence-corrected chi connectivity index (χ2v) is 4.65. The second-order valence-electron chi connectivity index (χ2n) is 4.65. The third-order valence-corrected chi connectivity index (χ3v) is 3.46. The van der Waals surface area contributed by atoms with Crippen LogP contribution in [0, 0.1) is 0 Å². The zero-order valence-corrected chi connectivity index (χ0v) is 10.8. The number of amides is 1. The van der Waals surface area contributed by atoms with Crippen molar-refractivity contribution in [3.63, 3.8) is 0 Å². The van der Waals surface area contributed by atoms with Crippen LogP contribution in [0.3, 0.4) is 0 Å². The van der Waals surface area contributed by atoms with Crippen LogP contribution in [0.1, 0.15) is 36.1 Å². The number of likely N-dealkylation sites (tertiary alicyclic amines) is 1. The molecule has 1 aliphatic rings. The molecule has 1 saturated heterocycles. The Morgan fingerprint density at radius 3 is 2.78 bits per heavy atom. The zero-order valence-electron chi connectivity index (χ0n) is 10.8. The van der Waals surface area contributed by atoms with Crippen LogP contribution in [0.5, 0.6) is 0 Å². The number of furan rings is 1. The molecule has 0 spiro atoms. The number of carbonyl (C=O) groups is 1. The first kappa shape index (κ1) is 13.1. The zero-order chi connectivity index (χ0) is 13.0. The topological polar surface area (TPSA) is 71.5 Å². The van der Waals surface area contributed by atoms with E-state index in [2.05, 4.69) is 17.1 Å². The summed E-state index contributed by atoms with van der Waals surface area (Å²) in [5.41, 5.74) is 5.45. The molecule has 0 radical (unpaired) electrons. The highest BCUT2D eigenvalue weighted by molar-refractivity contribution is 5.91. The Labute approximate surface area is 107 Å². The molecule has 1 fully saturated rings. The fraction of sp³-hybridized carbons (Fsp3) is 0.615. The molecule has 2 heterocycles. The molecule has 5 heteroatoms. The predicted molar refractivity (Wildman–Crippen MR) is 69.2 cm³/mol. The van der Waals surface area contributed by atoms with Crippen molar-refractivity contribution < 1.29 is 9.21 Å². The number of nitrogens with zero attached hydrogens (tertiary/aromatic N) is 1. The number of nitrogens with two attached hydrogens (primary N) is 1. The third kappa shape index (κ3) is 3.11. The van der Waals surface area contributed by atoms with Gasteiger partial charge in [-0.1, -0.05) is 6.92 Å². The van der Waals surface area contributed by atoms with Crippen LogP contribution < -0.4 is 11.1 Å². The Balaban J connectivity index is 1.84. The maximum absolute atomic E-state index is 11.9. The van der Waals surface area contributed by atoms with Crippen molar-refractivity contribution in [2.24, 2.45) is 5.73 Å². The number of hydrogen-bond acceptors (Lipinski definition) is 4. The number of piperidine rings is 1.